The first-order valence-electron chi connectivity index (χ1n) is 9.81. The van der Waals surface area contributed by atoms with Crippen LogP contribution in [0.3, 0.4) is 0 Å². The Kier molecular flexibility index (Phi) is 6.82. The number of halogens is 4. The van der Waals surface area contributed by atoms with Gasteiger partial charge in [0.1, 0.15) is 18.3 Å². The number of rotatable bonds is 7. The summed E-state index contributed by atoms with van der Waals surface area (Å²) in [5, 5.41) is 14.1. The fourth-order valence-electron chi connectivity index (χ4n) is 3.87. The Morgan fingerprint density at radius 1 is 1.32 bits per heavy atom. The Labute approximate surface area is 194 Å². The van der Waals surface area contributed by atoms with Gasteiger partial charge in [0.15, 0.2) is 22.9 Å². The summed E-state index contributed by atoms with van der Waals surface area (Å²) in [6.45, 7) is -1.37. The quantitative estimate of drug-likeness (QED) is 0.370. The predicted molar refractivity (Wildman–Crippen MR) is 111 cm³/mol. The van der Waals surface area contributed by atoms with Crippen LogP contribution in [0.25, 0.3) is 5.65 Å². The molecule has 4 rings (SSSR count). The highest BCUT2D eigenvalue weighted by molar-refractivity contribution is 7.70. The standard InChI is InChI=1S/C16H20ClF3N4O8P2/c17-11-3-8(23-2-1-16(19,20)6-23)15-21-4-9(24(15)22-11)14-12(18)13(25)10(32-14)5-31-34(29,30)7-33(26,27)28/h3-4,10,12-14,25H,1-2,5-7H2,(H,29,30)(H2,26,27,28)/t10-,12+,13-,14?/m1/s1. The molecule has 5 atom stereocenters. The molecule has 190 valence electrons. The molecule has 2 aliphatic heterocycles. The third-order valence-corrected chi connectivity index (χ3v) is 9.01. The number of nitrogens with zero attached hydrogens (tertiary/aromatic N) is 4. The summed E-state index contributed by atoms with van der Waals surface area (Å²) in [5.74, 6) is -4.36. The Morgan fingerprint density at radius 3 is 2.65 bits per heavy atom. The Balaban J connectivity index is 1.56. The van der Waals surface area contributed by atoms with Crippen molar-refractivity contribution in [2.24, 2.45) is 0 Å². The molecule has 34 heavy (non-hydrogen) atoms. The van der Waals surface area contributed by atoms with Gasteiger partial charge in [-0.1, -0.05) is 11.6 Å². The number of hydrogen-bond acceptors (Lipinski definition) is 8. The van der Waals surface area contributed by atoms with E-state index in [1.165, 1.54) is 17.2 Å². The zero-order chi connectivity index (χ0) is 25.1. The van der Waals surface area contributed by atoms with E-state index in [0.29, 0.717) is 0 Å². The molecular formula is C16H20ClF3N4O8P2. The van der Waals surface area contributed by atoms with Crippen LogP contribution in [0.4, 0.5) is 18.9 Å². The van der Waals surface area contributed by atoms with Crippen LogP contribution in [-0.2, 0) is 18.4 Å². The molecule has 2 fully saturated rings. The zero-order valence-corrected chi connectivity index (χ0v) is 19.7. The highest BCUT2D eigenvalue weighted by Gasteiger charge is 2.48. The number of aromatic nitrogens is 3. The molecule has 12 nitrogen and oxygen atoms in total. The molecule has 18 heteroatoms. The number of ether oxygens (including phenoxy) is 1. The van der Waals surface area contributed by atoms with Crippen molar-refractivity contribution in [1.29, 1.82) is 0 Å². The molecule has 4 heterocycles. The lowest BCUT2D eigenvalue weighted by Crippen LogP contribution is -2.31. The van der Waals surface area contributed by atoms with Gasteiger partial charge in [-0.25, -0.2) is 22.7 Å². The van der Waals surface area contributed by atoms with Crippen LogP contribution >= 0.6 is 26.8 Å². The summed E-state index contributed by atoms with van der Waals surface area (Å²) in [4.78, 5) is 32.8. The van der Waals surface area contributed by atoms with E-state index in [2.05, 4.69) is 14.6 Å². The normalized spacial score (nSPS) is 29.1. The second-order valence-electron chi connectivity index (χ2n) is 8.07. The molecule has 0 aromatic carbocycles. The smallest absolute Gasteiger partial charge is 0.340 e. The SMILES string of the molecule is O=P(O)(O)CP(=O)(O)OC[C@H]1OC(c2cnc3c(N4CCC(F)(F)C4)cc(Cl)nn23)[C@@H](F)[C@@H]1O. The van der Waals surface area contributed by atoms with Crippen LogP contribution in [0.15, 0.2) is 12.3 Å². The molecule has 0 radical (unpaired) electrons. The number of alkyl halides is 3. The molecule has 2 aromatic rings. The molecule has 0 saturated carbocycles. The average molecular weight is 551 g/mol. The highest BCUT2D eigenvalue weighted by Crippen LogP contribution is 2.55. The summed E-state index contributed by atoms with van der Waals surface area (Å²) in [7, 11) is -9.64. The molecule has 4 N–H and O–H groups in total. The van der Waals surface area contributed by atoms with Gasteiger partial charge in [0.2, 0.25) is 0 Å². The van der Waals surface area contributed by atoms with Crippen LogP contribution in [0.1, 0.15) is 18.2 Å². The summed E-state index contributed by atoms with van der Waals surface area (Å²) in [6.07, 6.45) is -6.06. The van der Waals surface area contributed by atoms with E-state index in [0.717, 1.165) is 4.52 Å². The van der Waals surface area contributed by atoms with Crippen molar-refractivity contribution in [3.05, 3.63) is 23.1 Å². The van der Waals surface area contributed by atoms with E-state index in [-0.39, 0.29) is 35.1 Å². The minimum atomic E-state index is -4.88. The van der Waals surface area contributed by atoms with Crippen molar-refractivity contribution >= 4 is 38.1 Å². The van der Waals surface area contributed by atoms with Crippen LogP contribution in [0.5, 0.6) is 0 Å². The first-order chi connectivity index (χ1) is 15.7. The molecule has 2 saturated heterocycles. The molecule has 0 bridgehead atoms. The van der Waals surface area contributed by atoms with E-state index in [1.54, 1.807) is 0 Å². The fourth-order valence-corrected chi connectivity index (χ4v) is 6.62. The zero-order valence-electron chi connectivity index (χ0n) is 17.1. The van der Waals surface area contributed by atoms with Gasteiger partial charge >= 0.3 is 15.2 Å². The van der Waals surface area contributed by atoms with E-state index < -0.39 is 64.7 Å². The predicted octanol–water partition coefficient (Wildman–Crippen LogP) is 1.70. The van der Waals surface area contributed by atoms with Crippen molar-refractivity contribution in [1.82, 2.24) is 14.6 Å². The van der Waals surface area contributed by atoms with Gasteiger partial charge in [-0.3, -0.25) is 9.13 Å². The first kappa shape index (κ1) is 25.8. The minimum Gasteiger partial charge on any atom is -0.387 e. The van der Waals surface area contributed by atoms with Crippen molar-refractivity contribution in [2.45, 2.75) is 36.8 Å². The Hall–Kier alpha value is -1.28. The first-order valence-corrected chi connectivity index (χ1v) is 13.8. The van der Waals surface area contributed by atoms with E-state index in [9.17, 15) is 32.3 Å². The van der Waals surface area contributed by atoms with Gasteiger partial charge in [0.25, 0.3) is 5.92 Å². The third-order valence-electron chi connectivity index (χ3n) is 5.37. The number of imidazole rings is 1. The van der Waals surface area contributed by atoms with Crippen LogP contribution in [0, 0.1) is 0 Å². The lowest BCUT2D eigenvalue weighted by molar-refractivity contribution is -0.0199. The molecule has 0 aliphatic carbocycles. The number of aliphatic hydroxyl groups excluding tert-OH is 1. The maximum Gasteiger partial charge on any atom is 0.340 e. The molecule has 2 aromatic heterocycles. The topological polar surface area (TPSA) is 167 Å². The number of hydrogen-bond donors (Lipinski definition) is 4. The number of aliphatic hydroxyl groups is 1. The van der Waals surface area contributed by atoms with Gasteiger partial charge in [-0.2, -0.15) is 5.10 Å². The summed E-state index contributed by atoms with van der Waals surface area (Å²) in [6, 6.07) is 1.35. The maximum atomic E-state index is 14.9. The second-order valence-corrected chi connectivity index (χ2v) is 12.4. The van der Waals surface area contributed by atoms with E-state index in [1.807, 2.05) is 0 Å². The summed E-state index contributed by atoms with van der Waals surface area (Å²) in [5.41, 5.74) is 0.334. The molecule has 0 spiro atoms. The average Bonchev–Trinajstić information content (AvgIpc) is 3.34. The third kappa shape index (κ3) is 5.43. The molecule has 2 aliphatic rings. The van der Waals surface area contributed by atoms with Crippen molar-refractivity contribution < 1.29 is 51.3 Å². The van der Waals surface area contributed by atoms with Gasteiger partial charge in [-0.15, -0.1) is 0 Å². The van der Waals surface area contributed by atoms with Crippen molar-refractivity contribution in [2.75, 3.05) is 30.5 Å². The Bertz CT molecular complexity index is 1180. The monoisotopic (exact) mass is 550 g/mol. The van der Waals surface area contributed by atoms with Crippen LogP contribution in [0.2, 0.25) is 5.15 Å². The summed E-state index contributed by atoms with van der Waals surface area (Å²) >= 11 is 6.05. The Morgan fingerprint density at radius 2 is 2.03 bits per heavy atom. The van der Waals surface area contributed by atoms with Gasteiger partial charge < -0.3 is 33.9 Å². The molecular weight excluding hydrogens is 531 g/mol. The van der Waals surface area contributed by atoms with Crippen LogP contribution < -0.4 is 4.90 Å². The maximum absolute atomic E-state index is 14.9. The van der Waals surface area contributed by atoms with Gasteiger partial charge in [0.05, 0.1) is 30.7 Å². The molecule has 0 amide bonds. The number of anilines is 1. The van der Waals surface area contributed by atoms with Crippen LogP contribution in [-0.4, -0.2) is 84.3 Å². The lowest BCUT2D eigenvalue weighted by atomic mass is 10.1. The van der Waals surface area contributed by atoms with Gasteiger partial charge in [-0.05, 0) is 0 Å². The van der Waals surface area contributed by atoms with E-state index in [4.69, 9.17) is 26.1 Å². The van der Waals surface area contributed by atoms with Gasteiger partial charge in [0, 0.05) is 19.0 Å². The second kappa shape index (κ2) is 8.99. The molecule has 2 unspecified atom stereocenters. The largest absolute Gasteiger partial charge is 0.387 e. The lowest BCUT2D eigenvalue weighted by Gasteiger charge is -2.19. The summed E-state index contributed by atoms with van der Waals surface area (Å²) < 4.78 is 76.3. The minimum absolute atomic E-state index is 0.0128. The van der Waals surface area contributed by atoms with Crippen molar-refractivity contribution in [3.63, 3.8) is 0 Å². The van der Waals surface area contributed by atoms with E-state index >= 15 is 0 Å². The number of fused-ring (bicyclic) bond motifs is 1. The fraction of sp³-hybridized carbons (Fsp3) is 0.625. The highest BCUT2D eigenvalue weighted by atomic mass is 35.5. The van der Waals surface area contributed by atoms with Crippen molar-refractivity contribution in [3.8, 4) is 0 Å².